The van der Waals surface area contributed by atoms with E-state index in [1.807, 2.05) is 11.9 Å². The van der Waals surface area contributed by atoms with Crippen LogP contribution >= 0.6 is 0 Å². The molecule has 0 bridgehead atoms. The van der Waals surface area contributed by atoms with Gasteiger partial charge in [-0.25, -0.2) is 8.42 Å². The Bertz CT molecular complexity index is 352. The molecule has 0 aromatic rings. The molecule has 2 atom stereocenters. The van der Waals surface area contributed by atoms with Crippen LogP contribution in [0, 0.1) is 0 Å². The molecule has 0 saturated carbocycles. The summed E-state index contributed by atoms with van der Waals surface area (Å²) in [7, 11) is -1.12. The van der Waals surface area contributed by atoms with Gasteiger partial charge >= 0.3 is 0 Å². The number of aliphatic hydroxyl groups excluding tert-OH is 1. The van der Waals surface area contributed by atoms with Crippen molar-refractivity contribution >= 4 is 9.84 Å². The molecule has 2 aliphatic heterocycles. The highest BCUT2D eigenvalue weighted by atomic mass is 32.2. The van der Waals surface area contributed by atoms with E-state index in [0.717, 1.165) is 26.2 Å². The van der Waals surface area contributed by atoms with Crippen molar-refractivity contribution in [2.45, 2.75) is 25.0 Å². The summed E-state index contributed by atoms with van der Waals surface area (Å²) >= 11 is 0. The molecule has 2 rings (SSSR count). The SMILES string of the molecule is CN(CCN1CCCC1)C1CS(=O)(=O)CC1O. The molecule has 6 heteroatoms. The molecule has 100 valence electrons. The molecule has 0 spiro atoms. The third-order valence-corrected chi connectivity index (χ3v) is 5.53. The fourth-order valence-corrected chi connectivity index (χ4v) is 4.58. The first-order valence-electron chi connectivity index (χ1n) is 6.29. The molecule has 2 unspecified atom stereocenters. The van der Waals surface area contributed by atoms with Crippen LogP contribution in [0.2, 0.25) is 0 Å². The molecule has 0 aliphatic carbocycles. The molecule has 2 saturated heterocycles. The Morgan fingerprint density at radius 1 is 1.29 bits per heavy atom. The first-order chi connectivity index (χ1) is 7.98. The summed E-state index contributed by atoms with van der Waals surface area (Å²) in [6.45, 7) is 4.11. The van der Waals surface area contributed by atoms with E-state index < -0.39 is 15.9 Å². The van der Waals surface area contributed by atoms with Crippen molar-refractivity contribution in [2.24, 2.45) is 0 Å². The molecule has 0 aromatic heterocycles. The van der Waals surface area contributed by atoms with Gasteiger partial charge in [0.05, 0.1) is 23.7 Å². The van der Waals surface area contributed by atoms with E-state index in [0.29, 0.717) is 0 Å². The molecule has 2 heterocycles. The maximum atomic E-state index is 11.4. The Morgan fingerprint density at radius 2 is 1.94 bits per heavy atom. The third-order valence-electron chi connectivity index (χ3n) is 3.83. The van der Waals surface area contributed by atoms with E-state index >= 15 is 0 Å². The highest BCUT2D eigenvalue weighted by Crippen LogP contribution is 2.17. The van der Waals surface area contributed by atoms with Crippen LogP contribution in [0.25, 0.3) is 0 Å². The number of sulfone groups is 1. The number of aliphatic hydroxyl groups is 1. The van der Waals surface area contributed by atoms with Crippen LogP contribution in [-0.4, -0.2) is 80.2 Å². The predicted octanol–water partition coefficient (Wildman–Crippen LogP) is -0.828. The minimum Gasteiger partial charge on any atom is -0.390 e. The normalized spacial score (nSPS) is 33.6. The van der Waals surface area contributed by atoms with Gasteiger partial charge in [0.1, 0.15) is 0 Å². The maximum Gasteiger partial charge on any atom is 0.154 e. The number of hydrogen-bond acceptors (Lipinski definition) is 5. The van der Waals surface area contributed by atoms with Gasteiger partial charge in [0.15, 0.2) is 9.84 Å². The smallest absolute Gasteiger partial charge is 0.154 e. The molecule has 2 aliphatic rings. The number of rotatable bonds is 4. The highest BCUT2D eigenvalue weighted by Gasteiger charge is 2.38. The predicted molar refractivity (Wildman–Crippen MR) is 66.8 cm³/mol. The van der Waals surface area contributed by atoms with Gasteiger partial charge < -0.3 is 10.0 Å². The zero-order chi connectivity index (χ0) is 12.5. The lowest BCUT2D eigenvalue weighted by atomic mass is 10.2. The summed E-state index contributed by atoms with van der Waals surface area (Å²) < 4.78 is 22.8. The van der Waals surface area contributed by atoms with Gasteiger partial charge in [0.2, 0.25) is 0 Å². The van der Waals surface area contributed by atoms with E-state index in [1.165, 1.54) is 12.8 Å². The second-order valence-corrected chi connectivity index (χ2v) is 7.39. The fourth-order valence-electron chi connectivity index (χ4n) is 2.70. The highest BCUT2D eigenvalue weighted by molar-refractivity contribution is 7.91. The molecular formula is C11H22N2O3S. The second kappa shape index (κ2) is 5.22. The number of hydrogen-bond donors (Lipinski definition) is 1. The standard InChI is InChI=1S/C11H22N2O3S/c1-12(6-7-13-4-2-3-5-13)10-8-17(15,16)9-11(10)14/h10-11,14H,2-9H2,1H3. The van der Waals surface area contributed by atoms with Crippen LogP contribution in [0.1, 0.15) is 12.8 Å². The lowest BCUT2D eigenvalue weighted by molar-refractivity contribution is 0.0938. The van der Waals surface area contributed by atoms with Gasteiger partial charge in [0.25, 0.3) is 0 Å². The lowest BCUT2D eigenvalue weighted by Crippen LogP contribution is -2.43. The van der Waals surface area contributed by atoms with Crippen molar-refractivity contribution in [3.8, 4) is 0 Å². The molecular weight excluding hydrogens is 240 g/mol. The molecule has 17 heavy (non-hydrogen) atoms. The Balaban J connectivity index is 1.81. The van der Waals surface area contributed by atoms with Gasteiger partial charge in [-0.05, 0) is 33.0 Å². The molecule has 0 amide bonds. The maximum absolute atomic E-state index is 11.4. The van der Waals surface area contributed by atoms with Gasteiger partial charge in [-0.2, -0.15) is 0 Å². The topological polar surface area (TPSA) is 60.9 Å². The summed E-state index contributed by atoms with van der Waals surface area (Å²) in [6, 6.07) is -0.220. The average Bonchev–Trinajstić information content (AvgIpc) is 2.82. The summed E-state index contributed by atoms with van der Waals surface area (Å²) in [6.07, 6.45) is 1.82. The zero-order valence-corrected chi connectivity index (χ0v) is 11.2. The van der Waals surface area contributed by atoms with Crippen molar-refractivity contribution in [1.29, 1.82) is 0 Å². The molecule has 0 aromatic carbocycles. The van der Waals surface area contributed by atoms with Gasteiger partial charge in [-0.15, -0.1) is 0 Å². The number of likely N-dealkylation sites (tertiary alicyclic amines) is 1. The van der Waals surface area contributed by atoms with Gasteiger partial charge in [-0.1, -0.05) is 0 Å². The summed E-state index contributed by atoms with van der Waals surface area (Å²) in [5.74, 6) is 0.0242. The van der Waals surface area contributed by atoms with Crippen molar-refractivity contribution < 1.29 is 13.5 Å². The van der Waals surface area contributed by atoms with Crippen LogP contribution in [-0.2, 0) is 9.84 Å². The van der Waals surface area contributed by atoms with E-state index in [4.69, 9.17) is 0 Å². The fraction of sp³-hybridized carbons (Fsp3) is 1.00. The van der Waals surface area contributed by atoms with Crippen LogP contribution in [0.4, 0.5) is 0 Å². The molecule has 0 radical (unpaired) electrons. The van der Waals surface area contributed by atoms with E-state index in [2.05, 4.69) is 4.90 Å². The van der Waals surface area contributed by atoms with E-state index in [1.54, 1.807) is 0 Å². The number of nitrogens with zero attached hydrogens (tertiary/aromatic N) is 2. The van der Waals surface area contributed by atoms with Crippen LogP contribution in [0.5, 0.6) is 0 Å². The third kappa shape index (κ3) is 3.40. The Kier molecular flexibility index (Phi) is 4.07. The summed E-state index contributed by atoms with van der Waals surface area (Å²) in [5.41, 5.74) is 0. The van der Waals surface area contributed by atoms with Crippen LogP contribution < -0.4 is 0 Å². The minimum atomic E-state index is -3.03. The van der Waals surface area contributed by atoms with E-state index in [-0.39, 0.29) is 17.5 Å². The second-order valence-electron chi connectivity index (χ2n) is 5.24. The van der Waals surface area contributed by atoms with Crippen LogP contribution in [0.3, 0.4) is 0 Å². The van der Waals surface area contributed by atoms with Crippen molar-refractivity contribution in [3.05, 3.63) is 0 Å². The van der Waals surface area contributed by atoms with Gasteiger partial charge in [-0.3, -0.25) is 4.90 Å². The summed E-state index contributed by atoms with van der Waals surface area (Å²) in [5, 5.41) is 9.75. The van der Waals surface area contributed by atoms with Gasteiger partial charge in [0, 0.05) is 13.1 Å². The molecule has 2 fully saturated rings. The molecule has 1 N–H and O–H groups in total. The lowest BCUT2D eigenvalue weighted by Gasteiger charge is -2.27. The Morgan fingerprint density at radius 3 is 2.47 bits per heavy atom. The average molecular weight is 262 g/mol. The van der Waals surface area contributed by atoms with Crippen molar-refractivity contribution in [2.75, 3.05) is 44.7 Å². The Labute approximate surface area is 103 Å². The largest absolute Gasteiger partial charge is 0.390 e. The summed E-state index contributed by atoms with van der Waals surface area (Å²) in [4.78, 5) is 4.39. The van der Waals surface area contributed by atoms with Crippen molar-refractivity contribution in [1.82, 2.24) is 9.80 Å². The quantitative estimate of drug-likeness (QED) is 0.717. The van der Waals surface area contributed by atoms with Crippen molar-refractivity contribution in [3.63, 3.8) is 0 Å². The van der Waals surface area contributed by atoms with E-state index in [9.17, 15) is 13.5 Å². The minimum absolute atomic E-state index is 0.0777. The zero-order valence-electron chi connectivity index (χ0n) is 10.4. The monoisotopic (exact) mass is 262 g/mol. The first kappa shape index (κ1) is 13.3. The number of likely N-dealkylation sites (N-methyl/N-ethyl adjacent to an activating group) is 1. The Hall–Kier alpha value is -0.170. The van der Waals surface area contributed by atoms with Crippen LogP contribution in [0.15, 0.2) is 0 Å². The first-order valence-corrected chi connectivity index (χ1v) is 8.11. The molecule has 5 nitrogen and oxygen atoms in total.